The standard InChI is InChI=1S/C16H12ClFN2/c17-14-3-1-2-4-15(14)20-16(10-19)8-7-11-9-12(18)5-6-13(11)16/h1-6,9,20H,7-8H2. The quantitative estimate of drug-likeness (QED) is 0.895. The highest BCUT2D eigenvalue weighted by Crippen LogP contribution is 2.40. The highest BCUT2D eigenvalue weighted by Gasteiger charge is 2.39. The number of aryl methyl sites for hydroxylation is 1. The van der Waals surface area contributed by atoms with Gasteiger partial charge >= 0.3 is 0 Å². The van der Waals surface area contributed by atoms with Crippen molar-refractivity contribution in [2.75, 3.05) is 5.32 Å². The van der Waals surface area contributed by atoms with Crippen molar-refractivity contribution in [1.29, 1.82) is 5.26 Å². The SMILES string of the molecule is N#CC1(Nc2ccccc2Cl)CCc2cc(F)ccc21. The van der Waals surface area contributed by atoms with Gasteiger partial charge in [-0.2, -0.15) is 5.26 Å². The molecule has 1 unspecified atom stereocenters. The van der Waals surface area contributed by atoms with Crippen molar-refractivity contribution in [3.8, 4) is 6.07 Å². The summed E-state index contributed by atoms with van der Waals surface area (Å²) in [6.07, 6.45) is 1.28. The van der Waals surface area contributed by atoms with Crippen LogP contribution in [-0.2, 0) is 12.0 Å². The Hall–Kier alpha value is -2.05. The molecule has 1 N–H and O–H groups in total. The molecule has 1 atom stereocenters. The average Bonchev–Trinajstić information content (AvgIpc) is 2.80. The molecule has 0 saturated heterocycles. The number of fused-ring (bicyclic) bond motifs is 1. The van der Waals surface area contributed by atoms with Crippen LogP contribution in [-0.4, -0.2) is 0 Å². The highest BCUT2D eigenvalue weighted by molar-refractivity contribution is 6.33. The maximum absolute atomic E-state index is 13.3. The number of anilines is 1. The van der Waals surface area contributed by atoms with Gasteiger partial charge in [-0.3, -0.25) is 0 Å². The van der Waals surface area contributed by atoms with Crippen molar-refractivity contribution in [3.63, 3.8) is 0 Å². The fraction of sp³-hybridized carbons (Fsp3) is 0.188. The average molecular weight is 287 g/mol. The molecule has 0 fully saturated rings. The largest absolute Gasteiger partial charge is 0.362 e. The molecular formula is C16H12ClFN2. The molecule has 0 spiro atoms. The van der Waals surface area contributed by atoms with Gasteiger partial charge in [0, 0.05) is 0 Å². The van der Waals surface area contributed by atoms with Crippen molar-refractivity contribution in [2.24, 2.45) is 0 Å². The van der Waals surface area contributed by atoms with Crippen LogP contribution in [0.25, 0.3) is 0 Å². The summed E-state index contributed by atoms with van der Waals surface area (Å²) in [7, 11) is 0. The van der Waals surface area contributed by atoms with E-state index in [0.29, 0.717) is 23.6 Å². The Bertz CT molecular complexity index is 708. The molecule has 1 aliphatic rings. The van der Waals surface area contributed by atoms with E-state index in [4.69, 9.17) is 11.6 Å². The Balaban J connectivity index is 2.04. The zero-order chi connectivity index (χ0) is 14.2. The van der Waals surface area contributed by atoms with Gasteiger partial charge in [-0.1, -0.05) is 29.8 Å². The second-order valence-electron chi connectivity index (χ2n) is 4.92. The first-order valence-corrected chi connectivity index (χ1v) is 6.75. The third kappa shape index (κ3) is 2.03. The van der Waals surface area contributed by atoms with Crippen molar-refractivity contribution in [2.45, 2.75) is 18.4 Å². The van der Waals surface area contributed by atoms with Crippen molar-refractivity contribution in [1.82, 2.24) is 0 Å². The number of nitrogens with zero attached hydrogens (tertiary/aromatic N) is 1. The van der Waals surface area contributed by atoms with Crippen molar-refractivity contribution < 1.29 is 4.39 Å². The van der Waals surface area contributed by atoms with Crippen LogP contribution in [0.4, 0.5) is 10.1 Å². The summed E-state index contributed by atoms with van der Waals surface area (Å²) >= 11 is 6.14. The van der Waals surface area contributed by atoms with Gasteiger partial charge in [0.05, 0.1) is 16.8 Å². The molecule has 2 aromatic carbocycles. The number of hydrogen-bond acceptors (Lipinski definition) is 2. The molecule has 0 amide bonds. The summed E-state index contributed by atoms with van der Waals surface area (Å²) in [6, 6.07) is 14.2. The molecule has 4 heteroatoms. The van der Waals surface area contributed by atoms with E-state index in [1.54, 1.807) is 12.1 Å². The summed E-state index contributed by atoms with van der Waals surface area (Å²) in [5.74, 6) is -0.268. The summed E-state index contributed by atoms with van der Waals surface area (Å²) in [4.78, 5) is 0. The van der Waals surface area contributed by atoms with Gasteiger partial charge in [-0.05, 0) is 48.2 Å². The van der Waals surface area contributed by atoms with E-state index >= 15 is 0 Å². The smallest absolute Gasteiger partial charge is 0.151 e. The van der Waals surface area contributed by atoms with E-state index in [-0.39, 0.29) is 5.82 Å². The van der Waals surface area contributed by atoms with Gasteiger partial charge < -0.3 is 5.32 Å². The molecule has 0 radical (unpaired) electrons. The number of para-hydroxylation sites is 1. The summed E-state index contributed by atoms with van der Waals surface area (Å²) in [5.41, 5.74) is 1.59. The van der Waals surface area contributed by atoms with E-state index in [2.05, 4.69) is 11.4 Å². The fourth-order valence-corrected chi connectivity index (χ4v) is 2.89. The van der Waals surface area contributed by atoms with Crippen LogP contribution in [0.5, 0.6) is 0 Å². The Morgan fingerprint density at radius 2 is 2.05 bits per heavy atom. The highest BCUT2D eigenvalue weighted by atomic mass is 35.5. The molecule has 2 aromatic rings. The third-order valence-electron chi connectivity index (χ3n) is 3.71. The lowest BCUT2D eigenvalue weighted by Gasteiger charge is -2.25. The van der Waals surface area contributed by atoms with E-state index in [9.17, 15) is 9.65 Å². The van der Waals surface area contributed by atoms with Crippen LogP contribution in [0.1, 0.15) is 17.5 Å². The van der Waals surface area contributed by atoms with E-state index in [1.165, 1.54) is 12.1 Å². The number of rotatable bonds is 2. The minimum atomic E-state index is -0.839. The molecule has 20 heavy (non-hydrogen) atoms. The number of hydrogen-bond donors (Lipinski definition) is 1. The maximum Gasteiger partial charge on any atom is 0.151 e. The van der Waals surface area contributed by atoms with Crippen LogP contribution < -0.4 is 5.32 Å². The molecule has 1 aliphatic carbocycles. The molecule has 0 aromatic heterocycles. The van der Waals surface area contributed by atoms with Crippen molar-refractivity contribution >= 4 is 17.3 Å². The van der Waals surface area contributed by atoms with Crippen LogP contribution in [0.2, 0.25) is 5.02 Å². The Morgan fingerprint density at radius 3 is 2.80 bits per heavy atom. The lowest BCUT2D eigenvalue weighted by molar-refractivity contribution is 0.618. The molecule has 100 valence electrons. The maximum atomic E-state index is 13.3. The van der Waals surface area contributed by atoms with Crippen molar-refractivity contribution in [3.05, 3.63) is 64.4 Å². The van der Waals surface area contributed by atoms with Gasteiger partial charge in [0.2, 0.25) is 0 Å². The van der Waals surface area contributed by atoms with Crippen LogP contribution in [0.3, 0.4) is 0 Å². The van der Waals surface area contributed by atoms with Crippen LogP contribution in [0.15, 0.2) is 42.5 Å². The molecule has 0 heterocycles. The number of benzene rings is 2. The van der Waals surface area contributed by atoms with Crippen LogP contribution in [0, 0.1) is 17.1 Å². The molecule has 2 nitrogen and oxygen atoms in total. The lowest BCUT2D eigenvalue weighted by Crippen LogP contribution is -2.31. The normalized spacial score (nSPS) is 20.2. The summed E-state index contributed by atoms with van der Waals surface area (Å²) in [6.45, 7) is 0. The fourth-order valence-electron chi connectivity index (χ4n) is 2.71. The van der Waals surface area contributed by atoms with Crippen LogP contribution >= 0.6 is 11.6 Å². The van der Waals surface area contributed by atoms with E-state index < -0.39 is 5.54 Å². The molecule has 0 saturated carbocycles. The Labute approximate surface area is 121 Å². The van der Waals surface area contributed by atoms with Gasteiger partial charge in [0.15, 0.2) is 5.54 Å². The van der Waals surface area contributed by atoms with Gasteiger partial charge in [0.25, 0.3) is 0 Å². The zero-order valence-corrected chi connectivity index (χ0v) is 11.4. The summed E-state index contributed by atoms with van der Waals surface area (Å²) in [5, 5.41) is 13.4. The molecule has 0 bridgehead atoms. The number of halogens is 2. The lowest BCUT2D eigenvalue weighted by atomic mass is 9.93. The first-order chi connectivity index (χ1) is 9.64. The second-order valence-corrected chi connectivity index (χ2v) is 5.33. The van der Waals surface area contributed by atoms with Gasteiger partial charge in [0.1, 0.15) is 5.82 Å². The number of nitrogens with one attached hydrogen (secondary N) is 1. The van der Waals surface area contributed by atoms with E-state index in [1.807, 2.05) is 18.2 Å². The summed E-state index contributed by atoms with van der Waals surface area (Å²) < 4.78 is 13.3. The van der Waals surface area contributed by atoms with Gasteiger partial charge in [-0.15, -0.1) is 0 Å². The molecule has 3 rings (SSSR count). The predicted octanol–water partition coefficient (Wildman–Crippen LogP) is 4.26. The number of nitriles is 1. The third-order valence-corrected chi connectivity index (χ3v) is 4.04. The predicted molar refractivity (Wildman–Crippen MR) is 77.1 cm³/mol. The first-order valence-electron chi connectivity index (χ1n) is 6.37. The van der Waals surface area contributed by atoms with E-state index in [0.717, 1.165) is 11.1 Å². The minimum absolute atomic E-state index is 0.268. The monoisotopic (exact) mass is 286 g/mol. The molecule has 0 aliphatic heterocycles. The zero-order valence-electron chi connectivity index (χ0n) is 10.7. The first kappa shape index (κ1) is 13.0. The minimum Gasteiger partial charge on any atom is -0.362 e. The topological polar surface area (TPSA) is 35.8 Å². The Morgan fingerprint density at radius 1 is 1.25 bits per heavy atom. The molecular weight excluding hydrogens is 275 g/mol. The second kappa shape index (κ2) is 4.81. The van der Waals surface area contributed by atoms with Gasteiger partial charge in [-0.25, -0.2) is 4.39 Å². The Kier molecular flexibility index (Phi) is 3.11.